The van der Waals surface area contributed by atoms with Crippen molar-refractivity contribution in [3.8, 4) is 0 Å². The summed E-state index contributed by atoms with van der Waals surface area (Å²) in [7, 11) is 0. The minimum atomic E-state index is -0.149. The van der Waals surface area contributed by atoms with E-state index >= 15 is 0 Å². The molecule has 0 saturated heterocycles. The lowest BCUT2D eigenvalue weighted by Gasteiger charge is -2.26. The molecule has 1 aromatic rings. The lowest BCUT2D eigenvalue weighted by atomic mass is 9.79. The van der Waals surface area contributed by atoms with Gasteiger partial charge in [0.2, 0.25) is 0 Å². The van der Waals surface area contributed by atoms with Crippen LogP contribution in [-0.4, -0.2) is 0 Å². The summed E-state index contributed by atoms with van der Waals surface area (Å²) in [5.74, 6) is 1.71. The van der Waals surface area contributed by atoms with E-state index in [4.69, 9.17) is 0 Å². The summed E-state index contributed by atoms with van der Waals surface area (Å²) in [5, 5.41) is 0. The summed E-state index contributed by atoms with van der Waals surface area (Å²) in [4.78, 5) is 0. The van der Waals surface area contributed by atoms with Gasteiger partial charge in [0.1, 0.15) is 5.82 Å². The summed E-state index contributed by atoms with van der Waals surface area (Å²) in [6.07, 6.45) is 1.18. The number of benzene rings is 1. The molecule has 15 heavy (non-hydrogen) atoms. The predicted molar refractivity (Wildman–Crippen MR) is 63.4 cm³/mol. The van der Waals surface area contributed by atoms with Crippen LogP contribution in [0.5, 0.6) is 0 Å². The van der Waals surface area contributed by atoms with E-state index in [9.17, 15) is 4.39 Å². The number of hydrogen-bond acceptors (Lipinski definition) is 0. The Balaban J connectivity index is 2.82. The van der Waals surface area contributed by atoms with Crippen molar-refractivity contribution in [3.63, 3.8) is 0 Å². The van der Waals surface area contributed by atoms with Gasteiger partial charge in [-0.2, -0.15) is 0 Å². The van der Waals surface area contributed by atoms with Crippen LogP contribution in [0.2, 0.25) is 0 Å². The molecule has 0 aliphatic heterocycles. The molecule has 0 bridgehead atoms. The molecule has 1 rings (SSSR count). The second-order valence-electron chi connectivity index (χ2n) is 4.66. The van der Waals surface area contributed by atoms with Crippen molar-refractivity contribution in [1.82, 2.24) is 0 Å². The number of hydrogen-bond donors (Lipinski definition) is 0. The Labute approximate surface area is 92.5 Å². The first-order chi connectivity index (χ1) is 7.06. The summed E-state index contributed by atoms with van der Waals surface area (Å²) in [6.45, 7) is 8.98. The van der Waals surface area contributed by atoms with Gasteiger partial charge in [-0.15, -0.1) is 0 Å². The van der Waals surface area contributed by atoms with Crippen LogP contribution in [-0.2, 0) is 0 Å². The molecule has 1 aromatic carbocycles. The van der Waals surface area contributed by atoms with Gasteiger partial charge >= 0.3 is 0 Å². The van der Waals surface area contributed by atoms with E-state index < -0.39 is 0 Å². The summed E-state index contributed by atoms with van der Waals surface area (Å²) >= 11 is 0. The highest BCUT2D eigenvalue weighted by Gasteiger charge is 2.20. The van der Waals surface area contributed by atoms with Gasteiger partial charge in [-0.25, -0.2) is 4.39 Å². The van der Waals surface area contributed by atoms with E-state index in [-0.39, 0.29) is 5.82 Å². The van der Waals surface area contributed by atoms with Crippen LogP contribution in [0.1, 0.15) is 45.6 Å². The van der Waals surface area contributed by atoms with Crippen LogP contribution in [0.3, 0.4) is 0 Å². The highest BCUT2D eigenvalue weighted by molar-refractivity contribution is 5.20. The van der Waals surface area contributed by atoms with Gasteiger partial charge in [0.15, 0.2) is 0 Å². The summed E-state index contributed by atoms with van der Waals surface area (Å²) in [6, 6.07) is 6.92. The third-order valence-corrected chi connectivity index (χ3v) is 3.37. The maximum absolute atomic E-state index is 12.8. The Bertz CT molecular complexity index is 287. The van der Waals surface area contributed by atoms with Crippen molar-refractivity contribution in [2.45, 2.75) is 40.0 Å². The molecule has 84 valence electrons. The fraction of sp³-hybridized carbons (Fsp3) is 0.571. The first-order valence-electron chi connectivity index (χ1n) is 5.81. The van der Waals surface area contributed by atoms with E-state index in [2.05, 4.69) is 27.7 Å². The van der Waals surface area contributed by atoms with Crippen molar-refractivity contribution in [2.24, 2.45) is 11.8 Å². The van der Waals surface area contributed by atoms with Gasteiger partial charge in [-0.1, -0.05) is 46.2 Å². The fourth-order valence-electron chi connectivity index (χ4n) is 2.42. The highest BCUT2D eigenvalue weighted by atomic mass is 19.1. The predicted octanol–water partition coefficient (Wildman–Crippen LogP) is 4.61. The third-order valence-electron chi connectivity index (χ3n) is 3.37. The number of halogens is 1. The minimum Gasteiger partial charge on any atom is -0.207 e. The molecule has 1 heteroatoms. The topological polar surface area (TPSA) is 0 Å². The minimum absolute atomic E-state index is 0.149. The Morgan fingerprint density at radius 2 is 1.60 bits per heavy atom. The second kappa shape index (κ2) is 5.29. The Morgan fingerprint density at radius 3 is 2.00 bits per heavy atom. The van der Waals surface area contributed by atoms with Crippen molar-refractivity contribution >= 4 is 0 Å². The van der Waals surface area contributed by atoms with Crippen molar-refractivity contribution < 1.29 is 4.39 Å². The third kappa shape index (κ3) is 3.05. The quantitative estimate of drug-likeness (QED) is 0.677. The van der Waals surface area contributed by atoms with Gasteiger partial charge in [0.25, 0.3) is 0 Å². The Hall–Kier alpha value is -0.850. The first kappa shape index (κ1) is 12.2. The van der Waals surface area contributed by atoms with Crippen LogP contribution in [0, 0.1) is 17.7 Å². The second-order valence-corrected chi connectivity index (χ2v) is 4.66. The molecular formula is C14H21F. The lowest BCUT2D eigenvalue weighted by molar-refractivity contribution is 0.321. The van der Waals surface area contributed by atoms with E-state index in [1.54, 1.807) is 12.1 Å². The molecule has 0 aliphatic rings. The molecular weight excluding hydrogens is 187 g/mol. The zero-order valence-electron chi connectivity index (χ0n) is 10.1. The zero-order valence-corrected chi connectivity index (χ0v) is 10.1. The lowest BCUT2D eigenvalue weighted by Crippen LogP contribution is -2.15. The molecule has 0 aliphatic carbocycles. The van der Waals surface area contributed by atoms with Crippen LogP contribution in [0.4, 0.5) is 4.39 Å². The normalized spacial score (nSPS) is 15.3. The molecule has 0 aromatic heterocycles. The zero-order chi connectivity index (χ0) is 11.4. The Kier molecular flexibility index (Phi) is 4.31. The molecule has 2 unspecified atom stereocenters. The van der Waals surface area contributed by atoms with Gasteiger partial charge < -0.3 is 0 Å². The smallest absolute Gasteiger partial charge is 0.123 e. The van der Waals surface area contributed by atoms with Crippen LogP contribution in [0.15, 0.2) is 24.3 Å². The van der Waals surface area contributed by atoms with Gasteiger partial charge in [-0.3, -0.25) is 0 Å². The van der Waals surface area contributed by atoms with E-state index in [1.165, 1.54) is 12.0 Å². The van der Waals surface area contributed by atoms with Crippen LogP contribution >= 0.6 is 0 Å². The van der Waals surface area contributed by atoms with Crippen molar-refractivity contribution in [2.75, 3.05) is 0 Å². The molecule has 0 heterocycles. The molecule has 0 nitrogen and oxygen atoms in total. The van der Waals surface area contributed by atoms with E-state index in [0.29, 0.717) is 17.8 Å². The average molecular weight is 208 g/mol. The fourth-order valence-corrected chi connectivity index (χ4v) is 2.42. The van der Waals surface area contributed by atoms with Gasteiger partial charge in [0.05, 0.1) is 0 Å². The average Bonchev–Trinajstić information content (AvgIpc) is 2.19. The van der Waals surface area contributed by atoms with E-state index in [1.807, 2.05) is 12.1 Å². The molecule has 2 atom stereocenters. The molecule has 0 radical (unpaired) electrons. The molecule has 0 N–H and O–H groups in total. The van der Waals surface area contributed by atoms with Crippen molar-refractivity contribution in [3.05, 3.63) is 35.6 Å². The molecule has 0 amide bonds. The SMILES string of the molecule is CCC(C(C)C)C(C)c1ccc(F)cc1. The monoisotopic (exact) mass is 208 g/mol. The van der Waals surface area contributed by atoms with Crippen LogP contribution < -0.4 is 0 Å². The van der Waals surface area contributed by atoms with Gasteiger partial charge in [-0.05, 0) is 35.4 Å². The maximum atomic E-state index is 12.8. The molecule has 0 spiro atoms. The standard InChI is InChI=1S/C14H21F/c1-5-14(10(2)3)11(4)12-6-8-13(15)9-7-12/h6-11,14H,5H2,1-4H3. The molecule has 0 saturated carbocycles. The highest BCUT2D eigenvalue weighted by Crippen LogP contribution is 2.32. The Morgan fingerprint density at radius 1 is 1.07 bits per heavy atom. The number of rotatable bonds is 4. The van der Waals surface area contributed by atoms with E-state index in [0.717, 1.165) is 0 Å². The maximum Gasteiger partial charge on any atom is 0.123 e. The first-order valence-corrected chi connectivity index (χ1v) is 5.81. The van der Waals surface area contributed by atoms with Crippen LogP contribution in [0.25, 0.3) is 0 Å². The largest absolute Gasteiger partial charge is 0.207 e. The summed E-state index contributed by atoms with van der Waals surface area (Å²) in [5.41, 5.74) is 1.25. The molecule has 0 fully saturated rings. The van der Waals surface area contributed by atoms with Crippen molar-refractivity contribution in [1.29, 1.82) is 0 Å². The summed E-state index contributed by atoms with van der Waals surface area (Å²) < 4.78 is 12.8. The van der Waals surface area contributed by atoms with Gasteiger partial charge in [0, 0.05) is 0 Å².